The van der Waals surface area contributed by atoms with Crippen LogP contribution in [0.25, 0.3) is 10.1 Å². The van der Waals surface area contributed by atoms with Crippen molar-refractivity contribution in [1.29, 1.82) is 0 Å². The number of anilines is 1. The van der Waals surface area contributed by atoms with Crippen LogP contribution in [0.4, 0.5) is 5.95 Å². The average molecular weight is 492 g/mol. The summed E-state index contributed by atoms with van der Waals surface area (Å²) in [5.74, 6) is 2.44. The highest BCUT2D eigenvalue weighted by Crippen LogP contribution is 2.44. The van der Waals surface area contributed by atoms with Crippen LogP contribution in [0.3, 0.4) is 0 Å². The number of ether oxygens (including phenoxy) is 2. The lowest BCUT2D eigenvalue weighted by molar-refractivity contribution is 0.102. The van der Waals surface area contributed by atoms with E-state index in [9.17, 15) is 4.79 Å². The first-order valence-corrected chi connectivity index (χ1v) is 12.6. The number of fused-ring (bicyclic) bond motifs is 1. The Kier molecular flexibility index (Phi) is 6.19. The van der Waals surface area contributed by atoms with E-state index in [2.05, 4.69) is 51.9 Å². The van der Waals surface area contributed by atoms with Crippen LogP contribution in [-0.4, -0.2) is 33.6 Å². The zero-order valence-corrected chi connectivity index (χ0v) is 21.2. The summed E-state index contributed by atoms with van der Waals surface area (Å²) in [6.07, 6.45) is 4.91. The SMILES string of the molecule is COc1cc2c(Oc3ccc(C4(C)CCC(C)CC4)cc3)c(C(=O)Nc3nn[nH]n3)sc2cc1C. The van der Waals surface area contributed by atoms with Crippen LogP contribution in [0.5, 0.6) is 17.2 Å². The Labute approximate surface area is 208 Å². The van der Waals surface area contributed by atoms with Crippen molar-refractivity contribution in [3.8, 4) is 17.2 Å². The number of aryl methyl sites for hydroxylation is 1. The molecule has 2 aromatic carbocycles. The molecule has 1 aliphatic carbocycles. The number of carbonyl (C=O) groups is 1. The summed E-state index contributed by atoms with van der Waals surface area (Å²) >= 11 is 1.35. The third-order valence-corrected chi connectivity index (χ3v) is 8.22. The van der Waals surface area contributed by atoms with Crippen molar-refractivity contribution in [2.45, 2.75) is 51.9 Å². The number of hydrogen-bond donors (Lipinski definition) is 2. The number of H-pyrrole nitrogens is 1. The summed E-state index contributed by atoms with van der Waals surface area (Å²) in [5, 5.41) is 17.0. The number of methoxy groups -OCH3 is 1. The molecule has 1 aliphatic rings. The quantitative estimate of drug-likeness (QED) is 0.331. The van der Waals surface area contributed by atoms with E-state index in [1.807, 2.05) is 31.2 Å². The van der Waals surface area contributed by atoms with Crippen molar-refractivity contribution in [3.05, 3.63) is 52.4 Å². The largest absolute Gasteiger partial charge is 0.496 e. The number of benzene rings is 2. The highest BCUT2D eigenvalue weighted by atomic mass is 32.1. The Morgan fingerprint density at radius 1 is 1.20 bits per heavy atom. The molecule has 35 heavy (non-hydrogen) atoms. The minimum Gasteiger partial charge on any atom is -0.496 e. The molecule has 2 N–H and O–H groups in total. The van der Waals surface area contributed by atoms with E-state index >= 15 is 0 Å². The second-order valence-corrected chi connectivity index (χ2v) is 10.7. The topological polar surface area (TPSA) is 102 Å². The van der Waals surface area contributed by atoms with Gasteiger partial charge in [0.15, 0.2) is 5.75 Å². The molecule has 1 amide bonds. The van der Waals surface area contributed by atoms with Crippen LogP contribution < -0.4 is 14.8 Å². The van der Waals surface area contributed by atoms with Crippen molar-refractivity contribution in [3.63, 3.8) is 0 Å². The molecule has 9 heteroatoms. The van der Waals surface area contributed by atoms with Gasteiger partial charge in [0.1, 0.15) is 16.4 Å². The molecule has 0 saturated heterocycles. The third-order valence-electron chi connectivity index (χ3n) is 7.09. The summed E-state index contributed by atoms with van der Waals surface area (Å²) in [7, 11) is 1.64. The maximum atomic E-state index is 13.1. The summed E-state index contributed by atoms with van der Waals surface area (Å²) in [6, 6.07) is 12.2. The molecular weight excluding hydrogens is 462 g/mol. The fourth-order valence-electron chi connectivity index (χ4n) is 4.78. The van der Waals surface area contributed by atoms with Crippen molar-refractivity contribution >= 4 is 33.3 Å². The lowest BCUT2D eigenvalue weighted by atomic mass is 9.68. The number of nitrogens with zero attached hydrogens (tertiary/aromatic N) is 3. The van der Waals surface area contributed by atoms with Crippen molar-refractivity contribution < 1.29 is 14.3 Å². The number of amides is 1. The average Bonchev–Trinajstić information content (AvgIpc) is 3.49. The fraction of sp³-hybridized carbons (Fsp3) is 0.385. The van der Waals surface area contributed by atoms with Crippen LogP contribution in [-0.2, 0) is 5.41 Å². The molecule has 182 valence electrons. The molecule has 2 heterocycles. The molecule has 0 aliphatic heterocycles. The van der Waals surface area contributed by atoms with E-state index in [1.165, 1.54) is 42.6 Å². The monoisotopic (exact) mass is 491 g/mol. The number of aromatic amines is 1. The van der Waals surface area contributed by atoms with E-state index in [0.717, 1.165) is 27.3 Å². The normalized spacial score (nSPS) is 20.1. The first-order chi connectivity index (χ1) is 16.9. The summed E-state index contributed by atoms with van der Waals surface area (Å²) < 4.78 is 12.8. The molecule has 1 saturated carbocycles. The van der Waals surface area contributed by atoms with E-state index in [0.29, 0.717) is 16.4 Å². The number of hydrogen-bond acceptors (Lipinski definition) is 7. The summed E-state index contributed by atoms with van der Waals surface area (Å²) in [6.45, 7) is 6.67. The van der Waals surface area contributed by atoms with E-state index < -0.39 is 0 Å². The van der Waals surface area contributed by atoms with Gasteiger partial charge in [-0.3, -0.25) is 10.1 Å². The molecule has 0 atom stereocenters. The minimum absolute atomic E-state index is 0.103. The maximum absolute atomic E-state index is 13.1. The molecule has 0 radical (unpaired) electrons. The number of tetrazole rings is 1. The Bertz CT molecular complexity index is 1340. The minimum atomic E-state index is -0.361. The van der Waals surface area contributed by atoms with Gasteiger partial charge in [0.2, 0.25) is 0 Å². The first kappa shape index (κ1) is 23.3. The van der Waals surface area contributed by atoms with Gasteiger partial charge in [-0.25, -0.2) is 0 Å². The van der Waals surface area contributed by atoms with Crippen molar-refractivity contribution in [1.82, 2.24) is 20.6 Å². The zero-order valence-electron chi connectivity index (χ0n) is 20.3. The van der Waals surface area contributed by atoms with Gasteiger partial charge in [-0.15, -0.1) is 16.4 Å². The maximum Gasteiger partial charge on any atom is 0.272 e. The van der Waals surface area contributed by atoms with Gasteiger partial charge in [0, 0.05) is 10.1 Å². The molecular formula is C26H29N5O3S. The van der Waals surface area contributed by atoms with Crippen LogP contribution in [0, 0.1) is 12.8 Å². The van der Waals surface area contributed by atoms with Gasteiger partial charge in [-0.05, 0) is 84.5 Å². The number of thiophene rings is 1. The van der Waals surface area contributed by atoms with Gasteiger partial charge in [-0.2, -0.15) is 5.21 Å². The van der Waals surface area contributed by atoms with Gasteiger partial charge in [0.25, 0.3) is 11.9 Å². The third kappa shape index (κ3) is 4.60. The molecule has 2 aromatic heterocycles. The molecule has 0 unspecified atom stereocenters. The molecule has 4 aromatic rings. The Morgan fingerprint density at radius 3 is 2.60 bits per heavy atom. The molecule has 8 nitrogen and oxygen atoms in total. The molecule has 0 spiro atoms. The highest BCUT2D eigenvalue weighted by Gasteiger charge is 2.31. The zero-order chi connectivity index (χ0) is 24.6. The van der Waals surface area contributed by atoms with Crippen molar-refractivity contribution in [2.75, 3.05) is 12.4 Å². The Morgan fingerprint density at radius 2 is 1.94 bits per heavy atom. The summed E-state index contributed by atoms with van der Waals surface area (Å²) in [4.78, 5) is 13.6. The lowest BCUT2D eigenvalue weighted by Gasteiger charge is -2.37. The highest BCUT2D eigenvalue weighted by molar-refractivity contribution is 7.21. The van der Waals surface area contributed by atoms with Gasteiger partial charge in [-0.1, -0.05) is 31.1 Å². The standard InChI is InChI=1S/C26H29N5O3S/c1-15-9-11-26(3,12-10-15)17-5-7-18(8-6-17)34-22-19-14-20(33-4)16(2)13-21(19)35-23(22)24(32)27-25-28-30-31-29-25/h5-8,13-15H,9-12H2,1-4H3,(H2,27,28,29,30,31,32). The Balaban J connectivity index is 1.49. The second kappa shape index (κ2) is 9.30. The molecule has 1 fully saturated rings. The van der Waals surface area contributed by atoms with Gasteiger partial charge >= 0.3 is 0 Å². The predicted molar refractivity (Wildman–Crippen MR) is 137 cm³/mol. The number of rotatable bonds is 6. The van der Waals surface area contributed by atoms with E-state index in [4.69, 9.17) is 9.47 Å². The van der Waals surface area contributed by atoms with Crippen LogP contribution in [0.15, 0.2) is 36.4 Å². The van der Waals surface area contributed by atoms with Crippen LogP contribution in [0.2, 0.25) is 0 Å². The number of carbonyl (C=O) groups excluding carboxylic acids is 1. The number of aromatic nitrogens is 4. The van der Waals surface area contributed by atoms with Crippen LogP contribution >= 0.6 is 11.3 Å². The van der Waals surface area contributed by atoms with Crippen LogP contribution in [0.1, 0.15) is 60.3 Å². The van der Waals surface area contributed by atoms with Gasteiger partial charge in [0.05, 0.1) is 7.11 Å². The lowest BCUT2D eigenvalue weighted by Crippen LogP contribution is -2.27. The van der Waals surface area contributed by atoms with E-state index in [-0.39, 0.29) is 17.3 Å². The first-order valence-electron chi connectivity index (χ1n) is 11.8. The van der Waals surface area contributed by atoms with Gasteiger partial charge < -0.3 is 9.47 Å². The van der Waals surface area contributed by atoms with Crippen molar-refractivity contribution in [2.24, 2.45) is 5.92 Å². The van der Waals surface area contributed by atoms with E-state index in [1.54, 1.807) is 7.11 Å². The Hall–Kier alpha value is -3.46. The number of nitrogens with one attached hydrogen (secondary N) is 2. The fourth-order valence-corrected chi connectivity index (χ4v) is 5.88. The smallest absolute Gasteiger partial charge is 0.272 e. The molecule has 0 bridgehead atoms. The summed E-state index contributed by atoms with van der Waals surface area (Å²) in [5.41, 5.74) is 2.51. The predicted octanol–water partition coefficient (Wildman–Crippen LogP) is 6.24. The second-order valence-electron chi connectivity index (χ2n) is 9.64. The molecule has 5 rings (SSSR count).